The summed E-state index contributed by atoms with van der Waals surface area (Å²) in [5.41, 5.74) is 0.699. The molecule has 0 atom stereocenters. The zero-order valence-corrected chi connectivity index (χ0v) is 8.32. The van der Waals surface area contributed by atoms with Crippen LogP contribution in [0.3, 0.4) is 0 Å². The van der Waals surface area contributed by atoms with Crippen molar-refractivity contribution in [3.63, 3.8) is 0 Å². The molecular weight excluding hydrogens is 182 g/mol. The number of hydrogen-bond acceptors (Lipinski definition) is 3. The van der Waals surface area contributed by atoms with Gasteiger partial charge in [-0.2, -0.15) is 0 Å². The smallest absolute Gasteiger partial charge is 0.313 e. The van der Waals surface area contributed by atoms with Gasteiger partial charge in [0.25, 0.3) is 0 Å². The van der Waals surface area contributed by atoms with Gasteiger partial charge >= 0.3 is 5.69 Å². The van der Waals surface area contributed by atoms with E-state index in [1.807, 2.05) is 6.92 Å². The molecule has 0 saturated carbocycles. The molecule has 4 nitrogen and oxygen atoms in total. The second-order valence-electron chi connectivity index (χ2n) is 3.03. The van der Waals surface area contributed by atoms with Gasteiger partial charge in [-0.05, 0) is 19.4 Å². The van der Waals surface area contributed by atoms with Gasteiger partial charge in [0.1, 0.15) is 0 Å². The number of nitro groups is 1. The van der Waals surface area contributed by atoms with Crippen LogP contribution in [0.15, 0.2) is 18.2 Å². The number of benzene rings is 1. The molecule has 0 aliphatic rings. The van der Waals surface area contributed by atoms with Crippen LogP contribution in [0, 0.1) is 17.0 Å². The molecule has 0 fully saturated rings. The minimum atomic E-state index is -0.402. The highest BCUT2D eigenvalue weighted by Gasteiger charge is 2.17. The summed E-state index contributed by atoms with van der Waals surface area (Å²) < 4.78 is 5.29. The van der Waals surface area contributed by atoms with Crippen molar-refractivity contribution in [2.45, 2.75) is 20.3 Å². The Hall–Kier alpha value is -1.58. The molecule has 1 aromatic rings. The summed E-state index contributed by atoms with van der Waals surface area (Å²) in [7, 11) is 0. The van der Waals surface area contributed by atoms with Gasteiger partial charge in [0.15, 0.2) is 5.75 Å². The summed E-state index contributed by atoms with van der Waals surface area (Å²) in [6, 6.07) is 5.09. The Morgan fingerprint density at radius 1 is 1.50 bits per heavy atom. The van der Waals surface area contributed by atoms with E-state index >= 15 is 0 Å². The molecule has 1 rings (SSSR count). The van der Waals surface area contributed by atoms with E-state index in [-0.39, 0.29) is 5.69 Å². The molecule has 0 unspecified atom stereocenters. The van der Waals surface area contributed by atoms with Crippen LogP contribution in [0.5, 0.6) is 5.75 Å². The molecule has 0 N–H and O–H groups in total. The third-order valence-electron chi connectivity index (χ3n) is 1.85. The standard InChI is InChI=1S/C10H13NO3/c1-3-7-14-9-6-4-5-8(2)10(9)11(12)13/h4-6H,3,7H2,1-2H3. The zero-order chi connectivity index (χ0) is 10.6. The molecule has 0 amide bonds. The number of aryl methyl sites for hydroxylation is 1. The van der Waals surface area contributed by atoms with Gasteiger partial charge in [-0.15, -0.1) is 0 Å². The number of ether oxygens (including phenoxy) is 1. The fourth-order valence-corrected chi connectivity index (χ4v) is 1.19. The maximum atomic E-state index is 10.7. The van der Waals surface area contributed by atoms with Crippen molar-refractivity contribution in [2.75, 3.05) is 6.61 Å². The maximum Gasteiger partial charge on any atom is 0.313 e. The highest BCUT2D eigenvalue weighted by molar-refractivity contribution is 5.51. The van der Waals surface area contributed by atoms with Gasteiger partial charge in [-0.1, -0.05) is 19.1 Å². The topological polar surface area (TPSA) is 52.4 Å². The quantitative estimate of drug-likeness (QED) is 0.548. The first-order chi connectivity index (χ1) is 6.66. The second-order valence-corrected chi connectivity index (χ2v) is 3.03. The van der Waals surface area contributed by atoms with Gasteiger partial charge < -0.3 is 4.74 Å². The maximum absolute atomic E-state index is 10.7. The number of rotatable bonds is 4. The fraction of sp³-hybridized carbons (Fsp3) is 0.400. The van der Waals surface area contributed by atoms with Gasteiger partial charge in [0.05, 0.1) is 11.5 Å². The predicted octanol–water partition coefficient (Wildman–Crippen LogP) is 2.69. The minimum absolute atomic E-state index is 0.0703. The van der Waals surface area contributed by atoms with Crippen molar-refractivity contribution in [1.82, 2.24) is 0 Å². The molecule has 0 aliphatic carbocycles. The molecule has 0 radical (unpaired) electrons. The largest absolute Gasteiger partial charge is 0.487 e. The van der Waals surface area contributed by atoms with E-state index in [2.05, 4.69) is 0 Å². The molecule has 0 aliphatic heterocycles. The molecular formula is C10H13NO3. The minimum Gasteiger partial charge on any atom is -0.487 e. The lowest BCUT2D eigenvalue weighted by Gasteiger charge is -2.06. The van der Waals surface area contributed by atoms with Gasteiger partial charge in [-0.25, -0.2) is 0 Å². The second kappa shape index (κ2) is 4.60. The molecule has 0 bridgehead atoms. The lowest BCUT2D eigenvalue weighted by atomic mass is 10.2. The van der Waals surface area contributed by atoms with Crippen LogP contribution in [-0.2, 0) is 0 Å². The van der Waals surface area contributed by atoms with Crippen molar-refractivity contribution >= 4 is 5.69 Å². The number of para-hydroxylation sites is 1. The molecule has 4 heteroatoms. The average Bonchev–Trinajstić information content (AvgIpc) is 2.14. The first-order valence-corrected chi connectivity index (χ1v) is 4.53. The third-order valence-corrected chi connectivity index (χ3v) is 1.85. The molecule has 0 aromatic heterocycles. The Bertz CT molecular complexity index is 336. The van der Waals surface area contributed by atoms with E-state index in [1.165, 1.54) is 0 Å². The van der Waals surface area contributed by atoms with Crippen molar-refractivity contribution in [2.24, 2.45) is 0 Å². The summed E-state index contributed by atoms with van der Waals surface area (Å²) in [5, 5.41) is 10.7. The number of nitrogens with zero attached hydrogens (tertiary/aromatic N) is 1. The summed E-state index contributed by atoms with van der Waals surface area (Å²) >= 11 is 0. The lowest BCUT2D eigenvalue weighted by molar-refractivity contribution is -0.386. The van der Waals surface area contributed by atoms with Crippen LogP contribution in [0.4, 0.5) is 5.69 Å². The Balaban J connectivity index is 3.02. The zero-order valence-electron chi connectivity index (χ0n) is 8.32. The van der Waals surface area contributed by atoms with Crippen LogP contribution in [0.25, 0.3) is 0 Å². The van der Waals surface area contributed by atoms with Crippen LogP contribution >= 0.6 is 0 Å². The van der Waals surface area contributed by atoms with Gasteiger partial charge in [-0.3, -0.25) is 10.1 Å². The van der Waals surface area contributed by atoms with Crippen LogP contribution in [0.2, 0.25) is 0 Å². The molecule has 1 aromatic carbocycles. The normalized spacial score (nSPS) is 9.86. The lowest BCUT2D eigenvalue weighted by Crippen LogP contribution is -2.00. The average molecular weight is 195 g/mol. The monoisotopic (exact) mass is 195 g/mol. The third kappa shape index (κ3) is 2.22. The summed E-state index contributed by atoms with van der Waals surface area (Å²) in [6.45, 7) is 4.17. The Morgan fingerprint density at radius 3 is 2.79 bits per heavy atom. The SMILES string of the molecule is CCCOc1cccc(C)c1[N+](=O)[O-]. The summed E-state index contributed by atoms with van der Waals surface area (Å²) in [5.74, 6) is 0.358. The van der Waals surface area contributed by atoms with Crippen molar-refractivity contribution in [3.8, 4) is 5.75 Å². The number of nitro benzene ring substituents is 1. The molecule has 76 valence electrons. The van der Waals surface area contributed by atoms with Crippen LogP contribution in [0.1, 0.15) is 18.9 Å². The fourth-order valence-electron chi connectivity index (χ4n) is 1.19. The first-order valence-electron chi connectivity index (χ1n) is 4.53. The summed E-state index contributed by atoms with van der Waals surface area (Å²) in [6.07, 6.45) is 0.838. The summed E-state index contributed by atoms with van der Waals surface area (Å²) in [4.78, 5) is 10.3. The van der Waals surface area contributed by atoms with E-state index < -0.39 is 4.92 Å². The van der Waals surface area contributed by atoms with Crippen molar-refractivity contribution < 1.29 is 9.66 Å². The Morgan fingerprint density at radius 2 is 2.21 bits per heavy atom. The molecule has 0 heterocycles. The van der Waals surface area contributed by atoms with E-state index in [9.17, 15) is 10.1 Å². The van der Waals surface area contributed by atoms with Gasteiger partial charge in [0.2, 0.25) is 0 Å². The van der Waals surface area contributed by atoms with Gasteiger partial charge in [0, 0.05) is 5.56 Å². The molecule has 0 spiro atoms. The Labute approximate surface area is 82.7 Å². The van der Waals surface area contributed by atoms with Crippen LogP contribution in [-0.4, -0.2) is 11.5 Å². The van der Waals surface area contributed by atoms with E-state index in [0.717, 1.165) is 6.42 Å². The molecule has 0 saturated heterocycles. The highest BCUT2D eigenvalue weighted by Crippen LogP contribution is 2.29. The van der Waals surface area contributed by atoms with E-state index in [4.69, 9.17) is 4.74 Å². The molecule has 14 heavy (non-hydrogen) atoms. The Kier molecular flexibility index (Phi) is 3.45. The van der Waals surface area contributed by atoms with Crippen LogP contribution < -0.4 is 4.74 Å². The predicted molar refractivity (Wildman–Crippen MR) is 53.6 cm³/mol. The van der Waals surface area contributed by atoms with E-state index in [0.29, 0.717) is 17.9 Å². The highest BCUT2D eigenvalue weighted by atomic mass is 16.6. The van der Waals surface area contributed by atoms with Crippen molar-refractivity contribution in [1.29, 1.82) is 0 Å². The van der Waals surface area contributed by atoms with E-state index in [1.54, 1.807) is 25.1 Å². The van der Waals surface area contributed by atoms with Crippen molar-refractivity contribution in [3.05, 3.63) is 33.9 Å². The first kappa shape index (κ1) is 10.5. The number of hydrogen-bond donors (Lipinski definition) is 0.